The summed E-state index contributed by atoms with van der Waals surface area (Å²) in [5, 5.41) is 0. The van der Waals surface area contributed by atoms with Crippen LogP contribution in [-0.4, -0.2) is 4.98 Å². The zero-order valence-corrected chi connectivity index (χ0v) is 10.1. The van der Waals surface area contributed by atoms with Crippen molar-refractivity contribution in [2.75, 3.05) is 0 Å². The van der Waals surface area contributed by atoms with E-state index < -0.39 is 0 Å². The van der Waals surface area contributed by atoms with E-state index in [2.05, 4.69) is 20.9 Å². The number of hydrogen-bond acceptors (Lipinski definition) is 3. The van der Waals surface area contributed by atoms with Gasteiger partial charge in [0.05, 0.1) is 10.6 Å². The van der Waals surface area contributed by atoms with Crippen LogP contribution in [-0.2, 0) is 6.54 Å². The van der Waals surface area contributed by atoms with Crippen molar-refractivity contribution >= 4 is 27.3 Å². The molecule has 0 bridgehead atoms. The fourth-order valence-electron chi connectivity index (χ4n) is 1.32. The van der Waals surface area contributed by atoms with Crippen LogP contribution in [0.15, 0.2) is 28.2 Å². The fourth-order valence-corrected chi connectivity index (χ4v) is 2.86. The Balaban J connectivity index is 2.58. The van der Waals surface area contributed by atoms with Crippen LogP contribution < -0.4 is 5.73 Å². The summed E-state index contributed by atoms with van der Waals surface area (Å²) >= 11 is 4.67. The molecule has 2 aromatic rings. The Morgan fingerprint density at radius 2 is 2.13 bits per heavy atom. The molecule has 15 heavy (non-hydrogen) atoms. The Morgan fingerprint density at radius 1 is 1.40 bits per heavy atom. The van der Waals surface area contributed by atoms with Crippen LogP contribution in [0.5, 0.6) is 0 Å². The molecule has 2 N–H and O–H groups in total. The number of hydrogen-bond donors (Lipinski definition) is 1. The van der Waals surface area contributed by atoms with Crippen LogP contribution >= 0.6 is 27.3 Å². The molecule has 1 aromatic heterocycles. The number of aromatic nitrogens is 1. The van der Waals surface area contributed by atoms with Gasteiger partial charge in [0.15, 0.2) is 3.92 Å². The Labute approximate surface area is 99.1 Å². The third kappa shape index (κ3) is 2.09. The Hall–Kier alpha value is -0.780. The first-order chi connectivity index (χ1) is 7.22. The lowest BCUT2D eigenvalue weighted by molar-refractivity contribution is 0.631. The van der Waals surface area contributed by atoms with Crippen LogP contribution in [0.3, 0.4) is 0 Å². The summed E-state index contributed by atoms with van der Waals surface area (Å²) in [5.74, 6) is -0.247. The minimum absolute atomic E-state index is 0.247. The molecule has 0 unspecified atom stereocenters. The molecule has 0 atom stereocenters. The van der Waals surface area contributed by atoms with Crippen molar-refractivity contribution < 1.29 is 4.39 Å². The molecule has 0 aliphatic carbocycles. The minimum atomic E-state index is -0.247. The summed E-state index contributed by atoms with van der Waals surface area (Å²) < 4.78 is 14.2. The van der Waals surface area contributed by atoms with E-state index in [0.29, 0.717) is 12.1 Å². The van der Waals surface area contributed by atoms with E-state index in [1.54, 1.807) is 18.2 Å². The molecule has 0 fully saturated rings. The molecular formula is C10H8BrFN2S. The highest BCUT2D eigenvalue weighted by Gasteiger charge is 2.13. The van der Waals surface area contributed by atoms with Crippen LogP contribution in [0.1, 0.15) is 5.69 Å². The summed E-state index contributed by atoms with van der Waals surface area (Å²) in [6, 6.07) is 6.63. The number of rotatable bonds is 2. The molecule has 0 aliphatic rings. The molecule has 0 saturated carbocycles. The molecule has 2 rings (SSSR count). The maximum Gasteiger partial charge on any atom is 0.159 e. The molecular weight excluding hydrogens is 279 g/mol. The van der Waals surface area contributed by atoms with Crippen molar-refractivity contribution in [1.82, 2.24) is 4.98 Å². The molecule has 78 valence electrons. The topological polar surface area (TPSA) is 38.9 Å². The van der Waals surface area contributed by atoms with E-state index in [0.717, 1.165) is 14.5 Å². The maximum atomic E-state index is 13.5. The third-order valence-corrected chi connectivity index (χ3v) is 3.57. The van der Waals surface area contributed by atoms with Gasteiger partial charge < -0.3 is 5.73 Å². The standard InChI is InChI=1S/C10H8BrFN2S/c11-10-14-8(5-13)9(15-10)6-3-1-2-4-7(6)12/h1-4H,5,13H2. The second kappa shape index (κ2) is 4.38. The van der Waals surface area contributed by atoms with Gasteiger partial charge in [0.25, 0.3) is 0 Å². The number of halogens is 2. The Bertz CT molecular complexity index is 484. The molecule has 0 spiro atoms. The van der Waals surface area contributed by atoms with Crippen LogP contribution in [0.4, 0.5) is 4.39 Å². The second-order valence-corrected chi connectivity index (χ2v) is 5.20. The molecule has 0 radical (unpaired) electrons. The van der Waals surface area contributed by atoms with E-state index in [1.807, 2.05) is 0 Å². The normalized spacial score (nSPS) is 10.6. The van der Waals surface area contributed by atoms with Crippen LogP contribution in [0.25, 0.3) is 10.4 Å². The average molecular weight is 287 g/mol. The van der Waals surface area contributed by atoms with E-state index >= 15 is 0 Å². The first-order valence-electron chi connectivity index (χ1n) is 4.32. The summed E-state index contributed by atoms with van der Waals surface area (Å²) in [5.41, 5.74) is 6.83. The molecule has 5 heteroatoms. The van der Waals surface area contributed by atoms with Gasteiger partial charge in [-0.2, -0.15) is 0 Å². The smallest absolute Gasteiger partial charge is 0.159 e. The van der Waals surface area contributed by atoms with Gasteiger partial charge in [-0.1, -0.05) is 18.2 Å². The minimum Gasteiger partial charge on any atom is -0.325 e. The van der Waals surface area contributed by atoms with Gasteiger partial charge >= 0.3 is 0 Å². The van der Waals surface area contributed by atoms with Gasteiger partial charge in [0.2, 0.25) is 0 Å². The summed E-state index contributed by atoms with van der Waals surface area (Å²) in [6.45, 7) is 0.311. The van der Waals surface area contributed by atoms with Gasteiger partial charge in [0.1, 0.15) is 5.82 Å². The fraction of sp³-hybridized carbons (Fsp3) is 0.100. The van der Waals surface area contributed by atoms with Gasteiger partial charge in [-0.15, -0.1) is 11.3 Å². The lowest BCUT2D eigenvalue weighted by atomic mass is 10.1. The summed E-state index contributed by atoms with van der Waals surface area (Å²) in [6.07, 6.45) is 0. The number of thiazole rings is 1. The second-order valence-electron chi connectivity index (χ2n) is 2.93. The van der Waals surface area contributed by atoms with Gasteiger partial charge in [0, 0.05) is 12.1 Å². The predicted octanol–water partition coefficient (Wildman–Crippen LogP) is 3.17. The van der Waals surface area contributed by atoms with Crippen molar-refractivity contribution in [2.45, 2.75) is 6.54 Å². The molecule has 1 aromatic carbocycles. The van der Waals surface area contributed by atoms with Crippen molar-refractivity contribution in [1.29, 1.82) is 0 Å². The highest BCUT2D eigenvalue weighted by molar-refractivity contribution is 9.11. The van der Waals surface area contributed by atoms with Gasteiger partial charge in [-0.05, 0) is 22.0 Å². The molecule has 1 heterocycles. The molecule has 0 saturated heterocycles. The zero-order chi connectivity index (χ0) is 10.8. The van der Waals surface area contributed by atoms with Crippen LogP contribution in [0.2, 0.25) is 0 Å². The largest absolute Gasteiger partial charge is 0.325 e. The van der Waals surface area contributed by atoms with Gasteiger partial charge in [-0.3, -0.25) is 0 Å². The number of nitrogens with zero attached hydrogens (tertiary/aromatic N) is 1. The molecule has 2 nitrogen and oxygen atoms in total. The quantitative estimate of drug-likeness (QED) is 0.921. The Kier molecular flexibility index (Phi) is 3.14. The number of nitrogens with two attached hydrogens (primary N) is 1. The van der Waals surface area contributed by atoms with E-state index in [9.17, 15) is 4.39 Å². The first-order valence-corrected chi connectivity index (χ1v) is 5.93. The zero-order valence-electron chi connectivity index (χ0n) is 7.71. The van der Waals surface area contributed by atoms with Crippen molar-refractivity contribution in [3.63, 3.8) is 0 Å². The van der Waals surface area contributed by atoms with E-state index in [1.165, 1.54) is 17.4 Å². The average Bonchev–Trinajstić information content (AvgIpc) is 2.60. The Morgan fingerprint density at radius 3 is 2.80 bits per heavy atom. The molecule has 0 amide bonds. The predicted molar refractivity (Wildman–Crippen MR) is 63.1 cm³/mol. The lowest BCUT2D eigenvalue weighted by Gasteiger charge is -2.00. The monoisotopic (exact) mass is 286 g/mol. The van der Waals surface area contributed by atoms with Crippen molar-refractivity contribution in [3.05, 3.63) is 39.7 Å². The van der Waals surface area contributed by atoms with Gasteiger partial charge in [-0.25, -0.2) is 9.37 Å². The SMILES string of the molecule is NCc1nc(Br)sc1-c1ccccc1F. The summed E-state index contributed by atoms with van der Waals surface area (Å²) in [7, 11) is 0. The summed E-state index contributed by atoms with van der Waals surface area (Å²) in [4.78, 5) is 4.98. The highest BCUT2D eigenvalue weighted by atomic mass is 79.9. The van der Waals surface area contributed by atoms with E-state index in [-0.39, 0.29) is 5.82 Å². The lowest BCUT2D eigenvalue weighted by Crippen LogP contribution is -1.98. The molecule has 0 aliphatic heterocycles. The first kappa shape index (κ1) is 10.7. The van der Waals surface area contributed by atoms with Crippen molar-refractivity contribution in [3.8, 4) is 10.4 Å². The van der Waals surface area contributed by atoms with Crippen molar-refractivity contribution in [2.24, 2.45) is 5.73 Å². The highest BCUT2D eigenvalue weighted by Crippen LogP contribution is 2.34. The third-order valence-electron chi connectivity index (χ3n) is 1.98. The van der Waals surface area contributed by atoms with Crippen LogP contribution in [0, 0.1) is 5.82 Å². The number of benzene rings is 1. The maximum absolute atomic E-state index is 13.5. The van der Waals surface area contributed by atoms with E-state index in [4.69, 9.17) is 5.73 Å².